The van der Waals surface area contributed by atoms with E-state index in [0.717, 1.165) is 19.4 Å². The van der Waals surface area contributed by atoms with Gasteiger partial charge in [0.1, 0.15) is 0 Å². The van der Waals surface area contributed by atoms with Crippen molar-refractivity contribution in [2.24, 2.45) is 11.8 Å². The molecule has 0 bridgehead atoms. The van der Waals surface area contributed by atoms with Gasteiger partial charge in [0.05, 0.1) is 12.2 Å². The van der Waals surface area contributed by atoms with Gasteiger partial charge in [-0.15, -0.1) is 0 Å². The summed E-state index contributed by atoms with van der Waals surface area (Å²) in [5.41, 5.74) is 0. The SMILES string of the molecule is CCCCCN1C(=O)C(CC(C)C)NC1C(C)C. The molecule has 0 aromatic heterocycles. The van der Waals surface area contributed by atoms with Crippen molar-refractivity contribution in [2.45, 2.75) is 72.5 Å². The largest absolute Gasteiger partial charge is 0.326 e. The van der Waals surface area contributed by atoms with Crippen molar-refractivity contribution in [2.75, 3.05) is 6.54 Å². The van der Waals surface area contributed by atoms with E-state index >= 15 is 0 Å². The molecule has 1 amide bonds. The van der Waals surface area contributed by atoms with Gasteiger partial charge in [-0.3, -0.25) is 10.1 Å². The molecule has 2 atom stereocenters. The lowest BCUT2D eigenvalue weighted by molar-refractivity contribution is -0.130. The molecule has 1 saturated heterocycles. The number of carbonyl (C=O) groups excluding carboxylic acids is 1. The van der Waals surface area contributed by atoms with Gasteiger partial charge in [-0.1, -0.05) is 47.5 Å². The molecule has 1 aliphatic heterocycles. The number of unbranched alkanes of at least 4 members (excludes halogenated alkanes) is 2. The van der Waals surface area contributed by atoms with Gasteiger partial charge in [-0.05, 0) is 24.7 Å². The van der Waals surface area contributed by atoms with E-state index in [2.05, 4.69) is 44.8 Å². The van der Waals surface area contributed by atoms with Crippen molar-refractivity contribution in [3.05, 3.63) is 0 Å². The fourth-order valence-corrected chi connectivity index (χ4v) is 2.68. The quantitative estimate of drug-likeness (QED) is 0.708. The van der Waals surface area contributed by atoms with Crippen LogP contribution in [0.1, 0.15) is 60.3 Å². The van der Waals surface area contributed by atoms with Crippen LogP contribution in [0.5, 0.6) is 0 Å². The van der Waals surface area contributed by atoms with Crippen LogP contribution in [0.4, 0.5) is 0 Å². The van der Waals surface area contributed by atoms with Gasteiger partial charge in [0.15, 0.2) is 0 Å². The summed E-state index contributed by atoms with van der Waals surface area (Å²) >= 11 is 0. The fraction of sp³-hybridized carbons (Fsp3) is 0.933. The van der Waals surface area contributed by atoms with Gasteiger partial charge < -0.3 is 4.90 Å². The lowest BCUT2D eigenvalue weighted by Crippen LogP contribution is -2.42. The molecule has 1 heterocycles. The molecule has 18 heavy (non-hydrogen) atoms. The Morgan fingerprint density at radius 1 is 1.22 bits per heavy atom. The maximum absolute atomic E-state index is 12.4. The average molecular weight is 254 g/mol. The van der Waals surface area contributed by atoms with Crippen LogP contribution in [-0.4, -0.2) is 29.6 Å². The molecule has 0 aromatic rings. The molecule has 0 spiro atoms. The number of carbonyl (C=O) groups is 1. The number of nitrogens with zero attached hydrogens (tertiary/aromatic N) is 1. The third kappa shape index (κ3) is 3.98. The minimum Gasteiger partial charge on any atom is -0.326 e. The Kier molecular flexibility index (Phi) is 6.13. The average Bonchev–Trinajstić information content (AvgIpc) is 2.57. The molecular formula is C15H30N2O. The summed E-state index contributed by atoms with van der Waals surface area (Å²) < 4.78 is 0. The van der Waals surface area contributed by atoms with Crippen LogP contribution in [-0.2, 0) is 4.79 Å². The third-order valence-corrected chi connectivity index (χ3v) is 3.63. The molecule has 1 aliphatic rings. The first-order valence-electron chi connectivity index (χ1n) is 7.53. The van der Waals surface area contributed by atoms with Crippen LogP contribution < -0.4 is 5.32 Å². The first-order chi connectivity index (χ1) is 8.47. The molecule has 0 radical (unpaired) electrons. The van der Waals surface area contributed by atoms with Gasteiger partial charge in [0.2, 0.25) is 5.91 Å². The van der Waals surface area contributed by atoms with Crippen molar-refractivity contribution in [1.82, 2.24) is 10.2 Å². The molecule has 3 nitrogen and oxygen atoms in total. The Balaban J connectivity index is 2.62. The maximum Gasteiger partial charge on any atom is 0.241 e. The normalized spacial score (nSPS) is 24.6. The first kappa shape index (κ1) is 15.5. The van der Waals surface area contributed by atoms with Crippen molar-refractivity contribution in [1.29, 1.82) is 0 Å². The van der Waals surface area contributed by atoms with Gasteiger partial charge >= 0.3 is 0 Å². The van der Waals surface area contributed by atoms with Crippen LogP contribution in [0.3, 0.4) is 0 Å². The summed E-state index contributed by atoms with van der Waals surface area (Å²) in [6, 6.07) is 0.0408. The van der Waals surface area contributed by atoms with Gasteiger partial charge in [0, 0.05) is 6.54 Å². The van der Waals surface area contributed by atoms with Crippen LogP contribution in [0.2, 0.25) is 0 Å². The Labute approximate surface area is 112 Å². The molecule has 1 rings (SSSR count). The summed E-state index contributed by atoms with van der Waals surface area (Å²) in [5, 5.41) is 3.52. The third-order valence-electron chi connectivity index (χ3n) is 3.63. The van der Waals surface area contributed by atoms with Crippen molar-refractivity contribution < 1.29 is 4.79 Å². The highest BCUT2D eigenvalue weighted by Crippen LogP contribution is 2.22. The lowest BCUT2D eigenvalue weighted by atomic mass is 10.0. The van der Waals surface area contributed by atoms with E-state index in [4.69, 9.17) is 0 Å². The topological polar surface area (TPSA) is 32.3 Å². The lowest BCUT2D eigenvalue weighted by Gasteiger charge is -2.27. The molecule has 0 aliphatic carbocycles. The van der Waals surface area contributed by atoms with E-state index in [1.54, 1.807) is 0 Å². The first-order valence-corrected chi connectivity index (χ1v) is 7.53. The van der Waals surface area contributed by atoms with E-state index in [1.165, 1.54) is 12.8 Å². The van der Waals surface area contributed by atoms with Gasteiger partial charge in [0.25, 0.3) is 0 Å². The zero-order valence-corrected chi connectivity index (χ0v) is 12.7. The highest BCUT2D eigenvalue weighted by Gasteiger charge is 2.39. The van der Waals surface area contributed by atoms with E-state index in [9.17, 15) is 4.79 Å². The van der Waals surface area contributed by atoms with Crippen molar-refractivity contribution >= 4 is 5.91 Å². The van der Waals surface area contributed by atoms with Gasteiger partial charge in [-0.25, -0.2) is 0 Å². The van der Waals surface area contributed by atoms with E-state index < -0.39 is 0 Å². The Hall–Kier alpha value is -0.570. The number of nitrogens with one attached hydrogen (secondary N) is 1. The zero-order valence-electron chi connectivity index (χ0n) is 12.7. The summed E-state index contributed by atoms with van der Waals surface area (Å²) in [5.74, 6) is 1.36. The molecular weight excluding hydrogens is 224 g/mol. The number of hydrogen-bond acceptors (Lipinski definition) is 2. The molecule has 0 saturated carbocycles. The van der Waals surface area contributed by atoms with Crippen LogP contribution in [0.15, 0.2) is 0 Å². The number of rotatable bonds is 7. The second kappa shape index (κ2) is 7.13. The number of hydrogen-bond donors (Lipinski definition) is 1. The minimum absolute atomic E-state index is 0.0408. The van der Waals surface area contributed by atoms with Gasteiger partial charge in [-0.2, -0.15) is 0 Å². The summed E-state index contributed by atoms with van der Waals surface area (Å²) in [6.07, 6.45) is 4.73. The Morgan fingerprint density at radius 2 is 1.89 bits per heavy atom. The summed E-state index contributed by atoms with van der Waals surface area (Å²) in [7, 11) is 0. The van der Waals surface area contributed by atoms with Crippen LogP contribution in [0, 0.1) is 11.8 Å². The van der Waals surface area contributed by atoms with E-state index in [0.29, 0.717) is 17.7 Å². The molecule has 3 heteroatoms. The summed E-state index contributed by atoms with van der Waals surface area (Å²) in [4.78, 5) is 14.5. The highest BCUT2D eigenvalue weighted by molar-refractivity contribution is 5.84. The molecule has 2 unspecified atom stereocenters. The van der Waals surface area contributed by atoms with Crippen molar-refractivity contribution in [3.63, 3.8) is 0 Å². The molecule has 1 fully saturated rings. The smallest absolute Gasteiger partial charge is 0.241 e. The van der Waals surface area contributed by atoms with Crippen LogP contribution in [0.25, 0.3) is 0 Å². The predicted molar refractivity (Wildman–Crippen MR) is 76.2 cm³/mol. The van der Waals surface area contributed by atoms with Crippen molar-refractivity contribution in [3.8, 4) is 0 Å². The monoisotopic (exact) mass is 254 g/mol. The Bertz CT molecular complexity index is 263. The fourth-order valence-electron chi connectivity index (χ4n) is 2.68. The van der Waals surface area contributed by atoms with E-state index in [-0.39, 0.29) is 12.2 Å². The van der Waals surface area contributed by atoms with E-state index in [1.807, 2.05) is 0 Å². The Morgan fingerprint density at radius 3 is 2.39 bits per heavy atom. The minimum atomic E-state index is 0.0408. The predicted octanol–water partition coefficient (Wildman–Crippen LogP) is 3.01. The summed E-state index contributed by atoms with van der Waals surface area (Å²) in [6.45, 7) is 11.9. The zero-order chi connectivity index (χ0) is 13.7. The second-order valence-electron chi connectivity index (χ2n) is 6.28. The second-order valence-corrected chi connectivity index (χ2v) is 6.28. The van der Waals surface area contributed by atoms with Crippen LogP contribution >= 0.6 is 0 Å². The maximum atomic E-state index is 12.4. The molecule has 1 N–H and O–H groups in total. The number of amides is 1. The standard InChI is InChI=1S/C15H30N2O/c1-6-7-8-9-17-14(12(4)5)16-13(15(17)18)10-11(2)3/h11-14,16H,6-10H2,1-5H3. The molecule has 0 aromatic carbocycles. The molecule has 106 valence electrons. The highest BCUT2D eigenvalue weighted by atomic mass is 16.2.